The van der Waals surface area contributed by atoms with Crippen molar-refractivity contribution in [2.45, 2.75) is 20.0 Å². The first-order valence-corrected chi connectivity index (χ1v) is 4.63. The van der Waals surface area contributed by atoms with E-state index in [0.29, 0.717) is 5.56 Å². The van der Waals surface area contributed by atoms with Gasteiger partial charge in [-0.05, 0) is 38.1 Å². The van der Waals surface area contributed by atoms with Crippen LogP contribution >= 0.6 is 0 Å². The minimum Gasteiger partial charge on any atom is -0.491 e. The van der Waals surface area contributed by atoms with Crippen LogP contribution < -0.4 is 10.5 Å². The van der Waals surface area contributed by atoms with Gasteiger partial charge in [-0.3, -0.25) is 4.79 Å². The lowest BCUT2D eigenvalue weighted by Gasteiger charge is -2.09. The van der Waals surface area contributed by atoms with Gasteiger partial charge >= 0.3 is 0 Å². The summed E-state index contributed by atoms with van der Waals surface area (Å²) < 4.78 is 5.44. The molecule has 0 radical (unpaired) electrons. The molecule has 1 rings (SSSR count). The monoisotopic (exact) mass is 193 g/mol. The highest BCUT2D eigenvalue weighted by Gasteiger charge is 2.03. The molecule has 0 atom stereocenters. The Morgan fingerprint density at radius 1 is 1.36 bits per heavy atom. The fraction of sp³-hybridized carbons (Fsp3) is 0.364. The highest BCUT2D eigenvalue weighted by molar-refractivity contribution is 5.97. The molecule has 3 nitrogen and oxygen atoms in total. The van der Waals surface area contributed by atoms with E-state index in [1.165, 1.54) is 0 Å². The predicted molar refractivity (Wildman–Crippen MR) is 55.6 cm³/mol. The number of hydrogen-bond donors (Lipinski definition) is 1. The molecule has 0 saturated heterocycles. The van der Waals surface area contributed by atoms with Crippen molar-refractivity contribution < 1.29 is 9.53 Å². The molecule has 0 spiro atoms. The molecule has 1 aromatic carbocycles. The minimum absolute atomic E-state index is 0.0460. The third-order valence-electron chi connectivity index (χ3n) is 1.73. The number of nitrogens with two attached hydrogens (primary N) is 1. The first-order chi connectivity index (χ1) is 6.63. The van der Waals surface area contributed by atoms with Crippen molar-refractivity contribution in [3.63, 3.8) is 0 Å². The van der Waals surface area contributed by atoms with Crippen LogP contribution in [0.25, 0.3) is 0 Å². The summed E-state index contributed by atoms with van der Waals surface area (Å²) in [5, 5.41) is 0. The maximum Gasteiger partial charge on any atom is 0.176 e. The molecule has 76 valence electrons. The van der Waals surface area contributed by atoms with Crippen LogP contribution in [0.2, 0.25) is 0 Å². The number of carbonyl (C=O) groups excluding carboxylic acids is 1. The highest BCUT2D eigenvalue weighted by Crippen LogP contribution is 2.13. The zero-order chi connectivity index (χ0) is 10.6. The van der Waals surface area contributed by atoms with Crippen LogP contribution in [-0.4, -0.2) is 18.4 Å². The molecule has 0 unspecified atom stereocenters. The van der Waals surface area contributed by atoms with E-state index >= 15 is 0 Å². The van der Waals surface area contributed by atoms with Crippen LogP contribution in [0.5, 0.6) is 5.75 Å². The Morgan fingerprint density at radius 2 is 1.93 bits per heavy atom. The molecule has 0 heterocycles. The molecule has 0 bridgehead atoms. The van der Waals surface area contributed by atoms with Crippen LogP contribution in [0.3, 0.4) is 0 Å². The van der Waals surface area contributed by atoms with Gasteiger partial charge in [0.2, 0.25) is 0 Å². The van der Waals surface area contributed by atoms with Gasteiger partial charge < -0.3 is 10.5 Å². The van der Waals surface area contributed by atoms with Crippen molar-refractivity contribution in [2.24, 2.45) is 5.73 Å². The smallest absolute Gasteiger partial charge is 0.176 e. The van der Waals surface area contributed by atoms with E-state index in [1.54, 1.807) is 24.3 Å². The molecule has 3 heteroatoms. The van der Waals surface area contributed by atoms with Gasteiger partial charge in [-0.1, -0.05) is 0 Å². The van der Waals surface area contributed by atoms with Crippen molar-refractivity contribution in [3.8, 4) is 5.75 Å². The number of Topliss-reactive ketones (excluding diaryl/α,β-unsaturated/α-hetero) is 1. The molecule has 0 fully saturated rings. The summed E-state index contributed by atoms with van der Waals surface area (Å²) in [6.45, 7) is 3.96. The molecule has 0 aliphatic carbocycles. The summed E-state index contributed by atoms with van der Waals surface area (Å²) in [5.74, 6) is 0.717. The van der Waals surface area contributed by atoms with Crippen LogP contribution in [0.4, 0.5) is 0 Å². The molecule has 0 saturated carbocycles. The van der Waals surface area contributed by atoms with Gasteiger partial charge in [-0.25, -0.2) is 0 Å². The summed E-state index contributed by atoms with van der Waals surface area (Å²) in [6, 6.07) is 7.02. The number of ether oxygens (including phenoxy) is 1. The first kappa shape index (κ1) is 10.7. The highest BCUT2D eigenvalue weighted by atomic mass is 16.5. The fourth-order valence-electron chi connectivity index (χ4n) is 1.11. The maximum absolute atomic E-state index is 11.2. The van der Waals surface area contributed by atoms with Crippen molar-refractivity contribution in [1.29, 1.82) is 0 Å². The lowest BCUT2D eigenvalue weighted by molar-refractivity contribution is 0.100. The molecule has 2 N–H and O–H groups in total. The van der Waals surface area contributed by atoms with E-state index in [2.05, 4.69) is 0 Å². The molecule has 1 aromatic rings. The van der Waals surface area contributed by atoms with E-state index in [0.717, 1.165) is 5.75 Å². The summed E-state index contributed by atoms with van der Waals surface area (Å²) in [6.07, 6.45) is 0.145. The average molecular weight is 193 g/mol. The van der Waals surface area contributed by atoms with Gasteiger partial charge in [-0.2, -0.15) is 0 Å². The van der Waals surface area contributed by atoms with Gasteiger partial charge in [-0.15, -0.1) is 0 Å². The molecule has 0 aliphatic heterocycles. The van der Waals surface area contributed by atoms with E-state index < -0.39 is 0 Å². The Labute approximate surface area is 83.9 Å². The Kier molecular flexibility index (Phi) is 3.65. The lowest BCUT2D eigenvalue weighted by Crippen LogP contribution is -2.13. The third kappa shape index (κ3) is 2.85. The molecular formula is C11H15NO2. The van der Waals surface area contributed by atoms with Crippen LogP contribution in [0.1, 0.15) is 24.2 Å². The van der Waals surface area contributed by atoms with Crippen molar-refractivity contribution >= 4 is 5.78 Å². The SMILES string of the molecule is CC(C)Oc1ccc(C(=O)CN)cc1. The van der Waals surface area contributed by atoms with Gasteiger partial charge in [0, 0.05) is 5.56 Å². The van der Waals surface area contributed by atoms with E-state index in [4.69, 9.17) is 10.5 Å². The van der Waals surface area contributed by atoms with Gasteiger partial charge in [0.15, 0.2) is 5.78 Å². The average Bonchev–Trinajstić information content (AvgIpc) is 2.17. The van der Waals surface area contributed by atoms with Crippen molar-refractivity contribution in [2.75, 3.05) is 6.54 Å². The summed E-state index contributed by atoms with van der Waals surface area (Å²) in [4.78, 5) is 11.2. The quantitative estimate of drug-likeness (QED) is 0.739. The number of hydrogen-bond acceptors (Lipinski definition) is 3. The molecular weight excluding hydrogens is 178 g/mol. The second-order valence-corrected chi connectivity index (χ2v) is 3.32. The van der Waals surface area contributed by atoms with Gasteiger partial charge in [0.1, 0.15) is 5.75 Å². The Hall–Kier alpha value is -1.35. The Balaban J connectivity index is 2.73. The number of ketones is 1. The topological polar surface area (TPSA) is 52.3 Å². The second-order valence-electron chi connectivity index (χ2n) is 3.32. The zero-order valence-corrected chi connectivity index (χ0v) is 8.49. The number of rotatable bonds is 4. The van der Waals surface area contributed by atoms with E-state index in [-0.39, 0.29) is 18.4 Å². The first-order valence-electron chi connectivity index (χ1n) is 4.63. The number of benzene rings is 1. The Morgan fingerprint density at radius 3 is 2.36 bits per heavy atom. The second kappa shape index (κ2) is 4.77. The summed E-state index contributed by atoms with van der Waals surface area (Å²) in [5.41, 5.74) is 5.87. The predicted octanol–water partition coefficient (Wildman–Crippen LogP) is 1.62. The zero-order valence-electron chi connectivity index (χ0n) is 8.49. The van der Waals surface area contributed by atoms with Crippen LogP contribution in [0, 0.1) is 0 Å². The van der Waals surface area contributed by atoms with Crippen LogP contribution in [0.15, 0.2) is 24.3 Å². The standard InChI is InChI=1S/C11H15NO2/c1-8(2)14-10-5-3-9(4-6-10)11(13)7-12/h3-6,8H,7,12H2,1-2H3. The molecule has 14 heavy (non-hydrogen) atoms. The largest absolute Gasteiger partial charge is 0.491 e. The number of carbonyl (C=O) groups is 1. The maximum atomic E-state index is 11.2. The van der Waals surface area contributed by atoms with Crippen molar-refractivity contribution in [1.82, 2.24) is 0 Å². The molecule has 0 aromatic heterocycles. The van der Waals surface area contributed by atoms with Gasteiger partial charge in [0.05, 0.1) is 12.6 Å². The normalized spacial score (nSPS) is 10.3. The van der Waals surface area contributed by atoms with E-state index in [1.807, 2.05) is 13.8 Å². The van der Waals surface area contributed by atoms with E-state index in [9.17, 15) is 4.79 Å². The molecule has 0 amide bonds. The third-order valence-corrected chi connectivity index (χ3v) is 1.73. The fourth-order valence-corrected chi connectivity index (χ4v) is 1.11. The van der Waals surface area contributed by atoms with Crippen LogP contribution in [-0.2, 0) is 0 Å². The summed E-state index contributed by atoms with van der Waals surface area (Å²) >= 11 is 0. The Bertz CT molecular complexity index is 304. The van der Waals surface area contributed by atoms with Crippen molar-refractivity contribution in [3.05, 3.63) is 29.8 Å². The minimum atomic E-state index is -0.0545. The summed E-state index contributed by atoms with van der Waals surface area (Å²) in [7, 11) is 0. The van der Waals surface area contributed by atoms with Gasteiger partial charge in [0.25, 0.3) is 0 Å². The molecule has 0 aliphatic rings. The lowest BCUT2D eigenvalue weighted by atomic mass is 10.1.